The molecule has 0 aromatic heterocycles. The van der Waals surface area contributed by atoms with Crippen LogP contribution in [0.1, 0.15) is 19.8 Å². The summed E-state index contributed by atoms with van der Waals surface area (Å²) >= 11 is 0. The second-order valence-electron chi connectivity index (χ2n) is 7.50. The van der Waals surface area contributed by atoms with Crippen LogP contribution in [0.25, 0.3) is 0 Å². The van der Waals surface area contributed by atoms with Crippen LogP contribution in [0.3, 0.4) is 0 Å². The lowest BCUT2D eigenvalue weighted by Gasteiger charge is -2.24. The molecule has 0 aromatic rings. The second kappa shape index (κ2) is 11.4. The monoisotopic (exact) mass is 330 g/mol. The van der Waals surface area contributed by atoms with Crippen molar-refractivity contribution in [2.24, 2.45) is 0 Å². The highest BCUT2D eigenvalue weighted by atomic mass is 16.5. The van der Waals surface area contributed by atoms with Crippen molar-refractivity contribution in [2.75, 3.05) is 74.6 Å². The molecule has 23 heavy (non-hydrogen) atoms. The maximum absolute atomic E-state index is 11.6. The summed E-state index contributed by atoms with van der Waals surface area (Å²) in [5.74, 6) is 0. The minimum atomic E-state index is -0.104. The summed E-state index contributed by atoms with van der Waals surface area (Å²) in [5, 5.41) is 5.73. The number of rotatable bonds is 12. The van der Waals surface area contributed by atoms with Gasteiger partial charge in [-0.1, -0.05) is 6.92 Å². The Balaban J connectivity index is 3.76. The van der Waals surface area contributed by atoms with Gasteiger partial charge in [-0.05, 0) is 12.5 Å². The van der Waals surface area contributed by atoms with E-state index in [1.807, 2.05) is 6.08 Å². The highest BCUT2D eigenvalue weighted by Crippen LogP contribution is 1.98. The molecule has 0 aliphatic rings. The summed E-state index contributed by atoms with van der Waals surface area (Å²) in [4.78, 5) is 11.6. The van der Waals surface area contributed by atoms with Gasteiger partial charge in [0.25, 0.3) is 0 Å². The van der Waals surface area contributed by atoms with Gasteiger partial charge in [0, 0.05) is 26.1 Å². The number of hydrogen-bond donors (Lipinski definition) is 2. The molecule has 2 N–H and O–H groups in total. The minimum absolute atomic E-state index is 0.104. The Morgan fingerprint density at radius 2 is 1.74 bits per heavy atom. The van der Waals surface area contributed by atoms with Crippen molar-refractivity contribution >= 4 is 6.03 Å². The molecular formula is C17H38N4O2+2. The molecule has 136 valence electrons. The number of carbonyl (C=O) groups is 1. The Morgan fingerprint density at radius 3 is 2.35 bits per heavy atom. The smallest absolute Gasteiger partial charge is 0.315 e. The lowest BCUT2D eigenvalue weighted by molar-refractivity contribution is -0.870. The lowest BCUT2D eigenvalue weighted by Crippen LogP contribution is -2.40. The van der Waals surface area contributed by atoms with E-state index in [1.54, 1.807) is 0 Å². The van der Waals surface area contributed by atoms with E-state index in [0.29, 0.717) is 13.1 Å². The third kappa shape index (κ3) is 15.6. The zero-order valence-electron chi connectivity index (χ0n) is 16.0. The average molecular weight is 331 g/mol. The van der Waals surface area contributed by atoms with Gasteiger partial charge in [-0.2, -0.15) is 0 Å². The van der Waals surface area contributed by atoms with Crippen molar-refractivity contribution in [1.82, 2.24) is 10.6 Å². The van der Waals surface area contributed by atoms with E-state index in [1.165, 1.54) is 0 Å². The molecule has 0 aliphatic heterocycles. The number of amides is 2. The molecule has 0 rings (SSSR count). The van der Waals surface area contributed by atoms with Crippen LogP contribution in [-0.2, 0) is 4.74 Å². The van der Waals surface area contributed by atoms with E-state index in [2.05, 4.69) is 59.0 Å². The number of quaternary nitrogens is 2. The first-order valence-corrected chi connectivity index (χ1v) is 8.56. The van der Waals surface area contributed by atoms with Gasteiger partial charge in [-0.3, -0.25) is 0 Å². The van der Waals surface area contributed by atoms with Crippen molar-refractivity contribution in [2.45, 2.75) is 19.8 Å². The van der Waals surface area contributed by atoms with E-state index in [9.17, 15) is 4.79 Å². The quantitative estimate of drug-likeness (QED) is 0.420. The van der Waals surface area contributed by atoms with Gasteiger partial charge in [-0.15, -0.1) is 0 Å². The van der Waals surface area contributed by atoms with E-state index in [4.69, 9.17) is 4.74 Å². The van der Waals surface area contributed by atoms with Crippen LogP contribution in [0.15, 0.2) is 12.3 Å². The first-order valence-electron chi connectivity index (χ1n) is 8.56. The van der Waals surface area contributed by atoms with Crippen LogP contribution in [-0.4, -0.2) is 89.6 Å². The zero-order valence-corrected chi connectivity index (χ0v) is 16.0. The van der Waals surface area contributed by atoms with E-state index >= 15 is 0 Å². The summed E-state index contributed by atoms with van der Waals surface area (Å²) in [6.07, 6.45) is 6.11. The minimum Gasteiger partial charge on any atom is -0.376 e. The Labute approximate surface area is 142 Å². The normalized spacial score (nSPS) is 12.6. The van der Waals surface area contributed by atoms with E-state index < -0.39 is 0 Å². The predicted molar refractivity (Wildman–Crippen MR) is 96.1 cm³/mol. The van der Waals surface area contributed by atoms with Gasteiger partial charge in [0.2, 0.25) is 0 Å². The Bertz CT molecular complexity index is 349. The van der Waals surface area contributed by atoms with Crippen LogP contribution in [0.5, 0.6) is 0 Å². The molecule has 0 unspecified atom stereocenters. The molecule has 0 fully saturated rings. The second-order valence-corrected chi connectivity index (χ2v) is 7.50. The van der Waals surface area contributed by atoms with Crippen LogP contribution >= 0.6 is 0 Å². The molecule has 6 nitrogen and oxygen atoms in total. The number of nitrogens with one attached hydrogen (secondary N) is 2. The SMILES string of the molecule is CCCOCC[N+](C)(C)C=CCNC(=O)NCCC[N+](C)(C)C. The summed E-state index contributed by atoms with van der Waals surface area (Å²) in [7, 11) is 10.7. The number of carbonyl (C=O) groups excluding carboxylic acids is 1. The van der Waals surface area contributed by atoms with Crippen LogP contribution in [0.4, 0.5) is 4.79 Å². The summed E-state index contributed by atoms with van der Waals surface area (Å²) in [5.41, 5.74) is 0. The summed E-state index contributed by atoms with van der Waals surface area (Å²) < 4.78 is 7.18. The lowest BCUT2D eigenvalue weighted by atomic mass is 10.4. The molecule has 0 spiro atoms. The largest absolute Gasteiger partial charge is 0.376 e. The highest BCUT2D eigenvalue weighted by Gasteiger charge is 2.10. The molecule has 0 atom stereocenters. The molecule has 0 saturated carbocycles. The number of ether oxygens (including phenoxy) is 1. The van der Waals surface area contributed by atoms with E-state index in [-0.39, 0.29) is 6.03 Å². The van der Waals surface area contributed by atoms with Crippen molar-refractivity contribution in [1.29, 1.82) is 0 Å². The molecule has 0 aliphatic carbocycles. The van der Waals surface area contributed by atoms with Crippen molar-refractivity contribution in [3.05, 3.63) is 12.3 Å². The molecular weight excluding hydrogens is 292 g/mol. The van der Waals surface area contributed by atoms with Gasteiger partial charge in [0.05, 0.1) is 54.6 Å². The summed E-state index contributed by atoms with van der Waals surface area (Å²) in [6.45, 7) is 6.91. The fourth-order valence-corrected chi connectivity index (χ4v) is 1.93. The highest BCUT2D eigenvalue weighted by molar-refractivity contribution is 5.73. The standard InChI is InChI=1S/C17H37N4O2/c1-7-15-23-16-14-21(5,6)13-9-11-19-17(22)18-10-8-12-20(2,3)4/h9,13H,7-8,10-12,14-16H2,1-6H3,(H-,18,19,22)/q+1/p+1. The van der Waals surface area contributed by atoms with Crippen LogP contribution < -0.4 is 10.6 Å². The van der Waals surface area contributed by atoms with Gasteiger partial charge in [-0.25, -0.2) is 4.79 Å². The molecule has 0 radical (unpaired) electrons. The topological polar surface area (TPSA) is 50.4 Å². The molecule has 2 amide bonds. The number of nitrogens with zero attached hydrogens (tertiary/aromatic N) is 2. The Hall–Kier alpha value is -1.11. The third-order valence-electron chi connectivity index (χ3n) is 3.34. The number of hydrogen-bond acceptors (Lipinski definition) is 2. The molecule has 0 aromatic carbocycles. The molecule has 6 heteroatoms. The van der Waals surface area contributed by atoms with Crippen molar-refractivity contribution < 1.29 is 18.5 Å². The molecule has 0 saturated heterocycles. The molecule has 0 heterocycles. The number of urea groups is 1. The van der Waals surface area contributed by atoms with Crippen molar-refractivity contribution in [3.8, 4) is 0 Å². The maximum atomic E-state index is 11.6. The van der Waals surface area contributed by atoms with Gasteiger partial charge in [0.15, 0.2) is 0 Å². The maximum Gasteiger partial charge on any atom is 0.315 e. The first kappa shape index (κ1) is 21.9. The fourth-order valence-electron chi connectivity index (χ4n) is 1.93. The first-order chi connectivity index (χ1) is 10.7. The number of likely N-dealkylation sites (N-methyl/N-ethyl adjacent to an activating group) is 1. The summed E-state index contributed by atoms with van der Waals surface area (Å²) in [6, 6.07) is -0.104. The Morgan fingerprint density at radius 1 is 1.04 bits per heavy atom. The van der Waals surface area contributed by atoms with Gasteiger partial charge in [0.1, 0.15) is 6.54 Å². The van der Waals surface area contributed by atoms with Crippen LogP contribution in [0.2, 0.25) is 0 Å². The van der Waals surface area contributed by atoms with Gasteiger partial charge >= 0.3 is 6.03 Å². The molecule has 0 bridgehead atoms. The zero-order chi connectivity index (χ0) is 17.8. The van der Waals surface area contributed by atoms with Crippen LogP contribution in [0, 0.1) is 0 Å². The van der Waals surface area contributed by atoms with Gasteiger partial charge < -0.3 is 24.3 Å². The predicted octanol–water partition coefficient (Wildman–Crippen LogP) is 1.40. The van der Waals surface area contributed by atoms with Crippen molar-refractivity contribution in [3.63, 3.8) is 0 Å². The van der Waals surface area contributed by atoms with E-state index in [0.717, 1.165) is 48.1 Å². The third-order valence-corrected chi connectivity index (χ3v) is 3.34. The average Bonchev–Trinajstić information content (AvgIpc) is 2.44. The fraction of sp³-hybridized carbons (Fsp3) is 0.824. The Kier molecular flexibility index (Phi) is 10.9.